The lowest BCUT2D eigenvalue weighted by Gasteiger charge is -2.32. The Labute approximate surface area is 190 Å². The Bertz CT molecular complexity index is 1270. The fourth-order valence-corrected chi connectivity index (χ4v) is 4.14. The summed E-state index contributed by atoms with van der Waals surface area (Å²) >= 11 is 6.06. The van der Waals surface area contributed by atoms with Gasteiger partial charge in [-0.25, -0.2) is 0 Å². The molecule has 1 saturated heterocycles. The van der Waals surface area contributed by atoms with Gasteiger partial charge in [-0.05, 0) is 42.0 Å². The minimum absolute atomic E-state index is 0.0568. The van der Waals surface area contributed by atoms with Gasteiger partial charge in [-0.2, -0.15) is 0 Å². The van der Waals surface area contributed by atoms with Gasteiger partial charge in [0.25, 0.3) is 5.91 Å². The van der Waals surface area contributed by atoms with Crippen LogP contribution in [0.25, 0.3) is 22.0 Å². The number of fused-ring (bicyclic) bond motifs is 1. The van der Waals surface area contributed by atoms with Gasteiger partial charge in [0, 0.05) is 34.2 Å². The number of H-pyrrole nitrogens is 1. The first-order valence-electron chi connectivity index (χ1n) is 10.4. The van der Waals surface area contributed by atoms with E-state index in [0.717, 1.165) is 33.5 Å². The highest BCUT2D eigenvalue weighted by atomic mass is 35.5. The summed E-state index contributed by atoms with van der Waals surface area (Å²) in [6.07, 6.45) is 1.56. The number of nitrogens with one attached hydrogen (secondary N) is 1. The van der Waals surface area contributed by atoms with Crippen LogP contribution in [0.1, 0.15) is 22.3 Å². The number of aromatic amines is 1. The third-order valence-electron chi connectivity index (χ3n) is 5.69. The van der Waals surface area contributed by atoms with E-state index in [1.165, 1.54) is 0 Å². The molecule has 7 heteroatoms. The Morgan fingerprint density at radius 3 is 2.88 bits per heavy atom. The van der Waals surface area contributed by atoms with Crippen molar-refractivity contribution in [2.24, 2.45) is 0 Å². The van der Waals surface area contributed by atoms with Gasteiger partial charge >= 0.3 is 0 Å². The van der Waals surface area contributed by atoms with E-state index in [1.807, 2.05) is 66.9 Å². The van der Waals surface area contributed by atoms with Gasteiger partial charge in [0.05, 0.1) is 26.0 Å². The fourth-order valence-electron chi connectivity index (χ4n) is 3.97. The number of ether oxygens (including phenoxy) is 2. The summed E-state index contributed by atoms with van der Waals surface area (Å²) in [5, 5.41) is 1.59. The predicted octanol–water partition coefficient (Wildman–Crippen LogP) is 5.11. The van der Waals surface area contributed by atoms with E-state index in [4.69, 9.17) is 21.1 Å². The maximum Gasteiger partial charge on any atom is 0.270 e. The van der Waals surface area contributed by atoms with E-state index in [1.54, 1.807) is 12.0 Å². The van der Waals surface area contributed by atoms with Crippen molar-refractivity contribution in [1.29, 1.82) is 0 Å². The van der Waals surface area contributed by atoms with Crippen molar-refractivity contribution >= 4 is 28.4 Å². The second kappa shape index (κ2) is 8.65. The number of carbonyl (C=O) groups is 1. The zero-order valence-electron chi connectivity index (χ0n) is 17.5. The van der Waals surface area contributed by atoms with Gasteiger partial charge in [-0.15, -0.1) is 0 Å². The molecule has 6 nitrogen and oxygen atoms in total. The number of nitrogens with zero attached hydrogens (tertiary/aromatic N) is 2. The van der Waals surface area contributed by atoms with Crippen LogP contribution in [-0.4, -0.2) is 47.6 Å². The first-order valence-corrected chi connectivity index (χ1v) is 10.8. The zero-order valence-corrected chi connectivity index (χ0v) is 18.3. The second-order valence-electron chi connectivity index (χ2n) is 7.73. The average molecular weight is 448 g/mol. The van der Waals surface area contributed by atoms with Crippen LogP contribution in [0.5, 0.6) is 5.75 Å². The Morgan fingerprint density at radius 2 is 2.06 bits per heavy atom. The normalized spacial score (nSPS) is 16.3. The number of halogens is 1. The highest BCUT2D eigenvalue weighted by molar-refractivity contribution is 6.31. The third kappa shape index (κ3) is 4.07. The molecule has 32 heavy (non-hydrogen) atoms. The largest absolute Gasteiger partial charge is 0.497 e. The number of aromatic nitrogens is 2. The number of morpholine rings is 1. The molecule has 0 aliphatic carbocycles. The summed E-state index contributed by atoms with van der Waals surface area (Å²) in [6, 6.07) is 19.2. The molecule has 0 bridgehead atoms. The van der Waals surface area contributed by atoms with E-state index in [2.05, 4.69) is 9.97 Å². The number of amides is 1. The van der Waals surface area contributed by atoms with Crippen molar-refractivity contribution in [3.8, 4) is 16.9 Å². The Morgan fingerprint density at radius 1 is 1.16 bits per heavy atom. The number of hydrogen-bond acceptors (Lipinski definition) is 4. The Balaban J connectivity index is 1.32. The standard InChI is InChI=1S/C25H22ClN3O3/c1-31-20-4-2-3-16(11-20)18-6-8-21(27-14-18)24-15-29(9-10-32-24)25(30)23-12-17-5-7-19(26)13-22(17)28-23/h2-8,11-14,24,28H,9-10,15H2,1H3. The van der Waals surface area contributed by atoms with Gasteiger partial charge in [0.15, 0.2) is 0 Å². The van der Waals surface area contributed by atoms with E-state index in [0.29, 0.717) is 30.4 Å². The number of hydrogen-bond donors (Lipinski definition) is 1. The minimum Gasteiger partial charge on any atom is -0.497 e. The van der Waals surface area contributed by atoms with Crippen LogP contribution in [0.4, 0.5) is 0 Å². The first-order chi connectivity index (χ1) is 15.6. The van der Waals surface area contributed by atoms with Gasteiger partial charge in [0.1, 0.15) is 17.5 Å². The molecule has 4 aromatic rings. The summed E-state index contributed by atoms with van der Waals surface area (Å²) in [4.78, 5) is 22.7. The molecular formula is C25H22ClN3O3. The van der Waals surface area contributed by atoms with Gasteiger partial charge < -0.3 is 19.4 Å². The number of carbonyl (C=O) groups excluding carboxylic acids is 1. The zero-order chi connectivity index (χ0) is 22.1. The summed E-state index contributed by atoms with van der Waals surface area (Å²) in [6.45, 7) is 1.44. The molecule has 0 radical (unpaired) electrons. The summed E-state index contributed by atoms with van der Waals surface area (Å²) < 4.78 is 11.2. The van der Waals surface area contributed by atoms with E-state index in [9.17, 15) is 4.79 Å². The maximum atomic E-state index is 13.1. The molecule has 1 aliphatic rings. The van der Waals surface area contributed by atoms with Crippen LogP contribution >= 0.6 is 11.6 Å². The topological polar surface area (TPSA) is 67.5 Å². The highest BCUT2D eigenvalue weighted by Crippen LogP contribution is 2.27. The number of rotatable bonds is 4. The van der Waals surface area contributed by atoms with E-state index < -0.39 is 0 Å². The molecule has 2 aromatic heterocycles. The SMILES string of the molecule is COc1cccc(-c2ccc(C3CN(C(=O)c4cc5ccc(Cl)cc5[nH]4)CCO3)nc2)c1. The Kier molecular flexibility index (Phi) is 5.55. The molecule has 1 aliphatic heterocycles. The van der Waals surface area contributed by atoms with Crippen LogP contribution in [0.15, 0.2) is 66.9 Å². The van der Waals surface area contributed by atoms with Gasteiger partial charge in [0.2, 0.25) is 0 Å². The highest BCUT2D eigenvalue weighted by Gasteiger charge is 2.27. The van der Waals surface area contributed by atoms with Crippen LogP contribution in [0.3, 0.4) is 0 Å². The van der Waals surface area contributed by atoms with Crippen molar-refractivity contribution in [2.75, 3.05) is 26.8 Å². The average Bonchev–Trinajstić information content (AvgIpc) is 3.27. The maximum absolute atomic E-state index is 13.1. The lowest BCUT2D eigenvalue weighted by molar-refractivity contribution is -0.0248. The molecule has 3 heterocycles. The first kappa shape index (κ1) is 20.5. The predicted molar refractivity (Wildman–Crippen MR) is 124 cm³/mol. The van der Waals surface area contributed by atoms with E-state index >= 15 is 0 Å². The molecule has 162 valence electrons. The minimum atomic E-state index is -0.272. The molecule has 1 atom stereocenters. The smallest absolute Gasteiger partial charge is 0.270 e. The van der Waals surface area contributed by atoms with Gasteiger partial charge in [-0.1, -0.05) is 35.9 Å². The molecule has 1 amide bonds. The molecule has 1 N–H and O–H groups in total. The van der Waals surface area contributed by atoms with Crippen LogP contribution in [-0.2, 0) is 4.74 Å². The number of methoxy groups -OCH3 is 1. The van der Waals surface area contributed by atoms with Gasteiger partial charge in [-0.3, -0.25) is 9.78 Å². The van der Waals surface area contributed by atoms with Crippen molar-refractivity contribution in [1.82, 2.24) is 14.9 Å². The van der Waals surface area contributed by atoms with Crippen molar-refractivity contribution in [3.63, 3.8) is 0 Å². The molecule has 0 spiro atoms. The van der Waals surface area contributed by atoms with Crippen LogP contribution < -0.4 is 4.74 Å². The third-order valence-corrected chi connectivity index (χ3v) is 5.92. The molecule has 1 unspecified atom stereocenters. The van der Waals surface area contributed by atoms with Crippen molar-refractivity contribution in [2.45, 2.75) is 6.10 Å². The molecule has 0 saturated carbocycles. The fraction of sp³-hybridized carbons (Fsp3) is 0.200. The van der Waals surface area contributed by atoms with Crippen LogP contribution in [0, 0.1) is 0 Å². The second-order valence-corrected chi connectivity index (χ2v) is 8.17. The Hall–Kier alpha value is -3.35. The number of benzene rings is 2. The molecule has 5 rings (SSSR count). The lowest BCUT2D eigenvalue weighted by atomic mass is 10.1. The summed E-state index contributed by atoms with van der Waals surface area (Å²) in [5.41, 5.74) is 4.22. The molecular weight excluding hydrogens is 426 g/mol. The van der Waals surface area contributed by atoms with Crippen LogP contribution in [0.2, 0.25) is 5.02 Å². The lowest BCUT2D eigenvalue weighted by Crippen LogP contribution is -2.42. The molecule has 2 aromatic carbocycles. The van der Waals surface area contributed by atoms with E-state index in [-0.39, 0.29) is 12.0 Å². The van der Waals surface area contributed by atoms with Crippen molar-refractivity contribution < 1.29 is 14.3 Å². The molecule has 1 fully saturated rings. The van der Waals surface area contributed by atoms with Crippen molar-refractivity contribution in [3.05, 3.63) is 83.3 Å². The number of pyridine rings is 1. The monoisotopic (exact) mass is 447 g/mol. The quantitative estimate of drug-likeness (QED) is 0.472. The summed E-state index contributed by atoms with van der Waals surface area (Å²) in [7, 11) is 1.65. The summed E-state index contributed by atoms with van der Waals surface area (Å²) in [5.74, 6) is 0.745.